The number of halogens is 1. The number of rotatable bonds is 6. The first-order chi connectivity index (χ1) is 14.5. The fraction of sp³-hybridized carbons (Fsp3) is 0.167. The molecule has 2 heterocycles. The lowest BCUT2D eigenvalue weighted by Crippen LogP contribution is -2.29. The summed E-state index contributed by atoms with van der Waals surface area (Å²) in [7, 11) is 0. The van der Waals surface area contributed by atoms with E-state index in [-0.39, 0.29) is 11.1 Å². The van der Waals surface area contributed by atoms with Gasteiger partial charge in [0.05, 0.1) is 4.91 Å². The minimum absolute atomic E-state index is 0.227. The normalized spacial score (nSPS) is 15.4. The second-order valence-electron chi connectivity index (χ2n) is 7.09. The van der Waals surface area contributed by atoms with Crippen molar-refractivity contribution >= 4 is 44.9 Å². The molecule has 152 valence electrons. The number of imide groups is 1. The molecule has 0 radical (unpaired) electrons. The van der Waals surface area contributed by atoms with Crippen molar-refractivity contribution in [2.24, 2.45) is 0 Å². The molecule has 0 N–H and O–H groups in total. The van der Waals surface area contributed by atoms with Crippen molar-refractivity contribution in [2.45, 2.75) is 19.8 Å². The van der Waals surface area contributed by atoms with Crippen molar-refractivity contribution in [1.82, 2.24) is 4.90 Å². The van der Waals surface area contributed by atoms with Crippen molar-refractivity contribution in [3.05, 3.63) is 86.9 Å². The number of thioether (sulfide) groups is 1. The van der Waals surface area contributed by atoms with Crippen LogP contribution in [0.15, 0.2) is 74.5 Å². The van der Waals surface area contributed by atoms with Crippen LogP contribution in [0.5, 0.6) is 0 Å². The number of furan rings is 1. The number of amides is 2. The highest BCUT2D eigenvalue weighted by molar-refractivity contribution is 9.10. The van der Waals surface area contributed by atoms with Crippen LogP contribution in [0, 0.1) is 6.92 Å². The van der Waals surface area contributed by atoms with Gasteiger partial charge in [0.25, 0.3) is 11.1 Å². The lowest BCUT2D eigenvalue weighted by atomic mass is 10.1. The van der Waals surface area contributed by atoms with E-state index in [4.69, 9.17) is 4.42 Å². The van der Waals surface area contributed by atoms with Crippen LogP contribution in [0.25, 0.3) is 17.4 Å². The molecule has 0 saturated carbocycles. The van der Waals surface area contributed by atoms with Gasteiger partial charge in [-0.3, -0.25) is 14.5 Å². The zero-order valence-electron chi connectivity index (χ0n) is 16.4. The van der Waals surface area contributed by atoms with Crippen LogP contribution in [-0.2, 0) is 11.2 Å². The summed E-state index contributed by atoms with van der Waals surface area (Å²) >= 11 is 4.46. The van der Waals surface area contributed by atoms with Crippen LogP contribution in [0.3, 0.4) is 0 Å². The molecule has 6 heteroatoms. The molecule has 1 aliphatic rings. The molecular formula is C24H20BrNO3S. The fourth-order valence-corrected chi connectivity index (χ4v) is 4.38. The first kappa shape index (κ1) is 20.7. The molecule has 4 nitrogen and oxygen atoms in total. The molecule has 0 spiro atoms. The molecule has 1 aliphatic heterocycles. The van der Waals surface area contributed by atoms with Crippen LogP contribution in [0.4, 0.5) is 4.79 Å². The zero-order valence-corrected chi connectivity index (χ0v) is 18.8. The summed E-state index contributed by atoms with van der Waals surface area (Å²) in [5.74, 6) is 1.02. The molecular weight excluding hydrogens is 462 g/mol. The third kappa shape index (κ3) is 4.60. The van der Waals surface area contributed by atoms with Gasteiger partial charge in [0.2, 0.25) is 0 Å². The number of hydrogen-bond acceptors (Lipinski definition) is 4. The summed E-state index contributed by atoms with van der Waals surface area (Å²) < 4.78 is 6.94. The van der Waals surface area contributed by atoms with Crippen LogP contribution in [-0.4, -0.2) is 22.6 Å². The van der Waals surface area contributed by atoms with Gasteiger partial charge in [0.1, 0.15) is 11.5 Å². The first-order valence-electron chi connectivity index (χ1n) is 9.67. The maximum Gasteiger partial charge on any atom is 0.293 e. The summed E-state index contributed by atoms with van der Waals surface area (Å²) in [5.41, 5.74) is 3.28. The maximum absolute atomic E-state index is 12.7. The quantitative estimate of drug-likeness (QED) is 0.368. The molecule has 2 aromatic carbocycles. The van der Waals surface area contributed by atoms with E-state index in [1.54, 1.807) is 6.08 Å². The van der Waals surface area contributed by atoms with Crippen LogP contribution in [0.2, 0.25) is 0 Å². The molecule has 0 aliphatic carbocycles. The SMILES string of the molecule is Cc1cc(-c2ccc(/C=C3\SC(=O)N(CCCc4ccccc4)C3=O)o2)ccc1Br. The number of aryl methyl sites for hydroxylation is 2. The van der Waals surface area contributed by atoms with Gasteiger partial charge in [-0.05, 0) is 66.9 Å². The Hall–Kier alpha value is -2.57. The molecule has 2 amide bonds. The van der Waals surface area contributed by atoms with E-state index in [9.17, 15) is 9.59 Å². The summed E-state index contributed by atoms with van der Waals surface area (Å²) in [6, 6.07) is 19.7. The van der Waals surface area contributed by atoms with Crippen molar-refractivity contribution in [3.8, 4) is 11.3 Å². The van der Waals surface area contributed by atoms with Gasteiger partial charge >= 0.3 is 0 Å². The average Bonchev–Trinajstić information content (AvgIpc) is 3.31. The molecule has 0 unspecified atom stereocenters. The van der Waals surface area contributed by atoms with Gasteiger partial charge in [0, 0.05) is 22.7 Å². The Morgan fingerprint density at radius 3 is 2.63 bits per heavy atom. The van der Waals surface area contributed by atoms with E-state index in [0.29, 0.717) is 17.2 Å². The van der Waals surface area contributed by atoms with Crippen LogP contribution >= 0.6 is 27.7 Å². The summed E-state index contributed by atoms with van der Waals surface area (Å²) in [5, 5.41) is -0.227. The van der Waals surface area contributed by atoms with E-state index >= 15 is 0 Å². The minimum atomic E-state index is -0.254. The third-order valence-corrected chi connectivity index (χ3v) is 6.70. The predicted molar refractivity (Wildman–Crippen MR) is 124 cm³/mol. The maximum atomic E-state index is 12.7. The summed E-state index contributed by atoms with van der Waals surface area (Å²) in [6.07, 6.45) is 3.22. The molecule has 0 atom stereocenters. The van der Waals surface area contributed by atoms with E-state index in [0.717, 1.165) is 46.0 Å². The second kappa shape index (κ2) is 9.06. The van der Waals surface area contributed by atoms with Gasteiger partial charge in [-0.15, -0.1) is 0 Å². The highest BCUT2D eigenvalue weighted by Gasteiger charge is 2.34. The molecule has 30 heavy (non-hydrogen) atoms. The highest BCUT2D eigenvalue weighted by Crippen LogP contribution is 2.34. The van der Waals surface area contributed by atoms with E-state index in [1.165, 1.54) is 10.5 Å². The standard InChI is InChI=1S/C24H20BrNO3S/c1-16-14-18(9-11-20(16)25)21-12-10-19(29-21)15-22-23(27)26(24(28)30-22)13-5-8-17-6-3-2-4-7-17/h2-4,6-7,9-12,14-15H,5,8,13H2,1H3/b22-15-. The number of carbonyl (C=O) groups is 2. The monoisotopic (exact) mass is 481 g/mol. The highest BCUT2D eigenvalue weighted by atomic mass is 79.9. The Morgan fingerprint density at radius 2 is 1.87 bits per heavy atom. The van der Waals surface area contributed by atoms with Crippen molar-refractivity contribution in [2.75, 3.05) is 6.54 Å². The molecule has 1 aromatic heterocycles. The van der Waals surface area contributed by atoms with E-state index in [1.807, 2.05) is 55.5 Å². The smallest absolute Gasteiger partial charge is 0.293 e. The zero-order chi connectivity index (χ0) is 21.1. The molecule has 1 fully saturated rings. The van der Waals surface area contributed by atoms with Crippen molar-refractivity contribution < 1.29 is 14.0 Å². The van der Waals surface area contributed by atoms with Crippen molar-refractivity contribution in [1.29, 1.82) is 0 Å². The third-order valence-electron chi connectivity index (χ3n) is 4.91. The molecule has 0 bridgehead atoms. The van der Waals surface area contributed by atoms with Gasteiger partial charge in [-0.25, -0.2) is 0 Å². The van der Waals surface area contributed by atoms with Gasteiger partial charge in [0.15, 0.2) is 0 Å². The van der Waals surface area contributed by atoms with Crippen LogP contribution < -0.4 is 0 Å². The number of hydrogen-bond donors (Lipinski definition) is 0. The Balaban J connectivity index is 1.43. The minimum Gasteiger partial charge on any atom is -0.457 e. The lowest BCUT2D eigenvalue weighted by Gasteiger charge is -2.11. The summed E-state index contributed by atoms with van der Waals surface area (Å²) in [6.45, 7) is 2.43. The summed E-state index contributed by atoms with van der Waals surface area (Å²) in [4.78, 5) is 26.7. The molecule has 1 saturated heterocycles. The fourth-order valence-electron chi connectivity index (χ4n) is 3.29. The molecule has 4 rings (SSSR count). The van der Waals surface area contributed by atoms with Gasteiger partial charge < -0.3 is 4.42 Å². The first-order valence-corrected chi connectivity index (χ1v) is 11.3. The second-order valence-corrected chi connectivity index (χ2v) is 8.94. The number of nitrogens with zero attached hydrogens (tertiary/aromatic N) is 1. The molecule has 3 aromatic rings. The van der Waals surface area contributed by atoms with Crippen LogP contribution in [0.1, 0.15) is 23.3 Å². The topological polar surface area (TPSA) is 50.5 Å². The number of benzene rings is 2. The Morgan fingerprint density at radius 1 is 1.07 bits per heavy atom. The van der Waals surface area contributed by atoms with Gasteiger partial charge in [-0.2, -0.15) is 0 Å². The van der Waals surface area contributed by atoms with E-state index in [2.05, 4.69) is 28.1 Å². The number of carbonyl (C=O) groups excluding carboxylic acids is 2. The Bertz CT molecular complexity index is 1120. The predicted octanol–water partition coefficient (Wildman–Crippen LogP) is 6.69. The Labute approximate surface area is 188 Å². The lowest BCUT2D eigenvalue weighted by molar-refractivity contribution is -0.122. The van der Waals surface area contributed by atoms with Crippen molar-refractivity contribution in [3.63, 3.8) is 0 Å². The Kier molecular flexibility index (Phi) is 6.25. The average molecular weight is 482 g/mol. The van der Waals surface area contributed by atoms with Gasteiger partial charge in [-0.1, -0.05) is 52.3 Å². The largest absolute Gasteiger partial charge is 0.457 e. The van der Waals surface area contributed by atoms with E-state index < -0.39 is 0 Å².